The molecule has 1 aromatic carbocycles. The normalized spacial score (nSPS) is 14.1. The van der Waals surface area contributed by atoms with Gasteiger partial charge in [0.1, 0.15) is 0 Å². The molecule has 0 saturated carbocycles. The van der Waals surface area contributed by atoms with Crippen molar-refractivity contribution in [2.45, 2.75) is 52.0 Å². The molecule has 0 saturated heterocycles. The molecule has 0 radical (unpaired) electrons. The van der Waals surface area contributed by atoms with Crippen molar-refractivity contribution < 1.29 is 0 Å². The molecule has 2 heteroatoms. The molecule has 0 aliphatic rings. The Morgan fingerprint density at radius 2 is 1.75 bits per heavy atom. The van der Waals surface area contributed by atoms with E-state index in [2.05, 4.69) is 69.5 Å². The molecule has 0 aliphatic heterocycles. The van der Waals surface area contributed by atoms with E-state index in [9.17, 15) is 0 Å². The van der Waals surface area contributed by atoms with Gasteiger partial charge in [0.25, 0.3) is 0 Å². The van der Waals surface area contributed by atoms with Crippen LogP contribution in [0.4, 0.5) is 5.69 Å². The van der Waals surface area contributed by atoms with E-state index < -0.39 is 0 Å². The number of hydrogen-bond donors (Lipinski definition) is 1. The number of anilines is 1. The van der Waals surface area contributed by atoms with E-state index in [-0.39, 0.29) is 0 Å². The van der Waals surface area contributed by atoms with Gasteiger partial charge in [-0.15, -0.1) is 0 Å². The summed E-state index contributed by atoms with van der Waals surface area (Å²) in [6, 6.07) is 9.44. The lowest BCUT2D eigenvalue weighted by molar-refractivity contribution is 0.365. The maximum Gasteiger partial charge on any atom is 0.0361 e. The van der Waals surface area contributed by atoms with Crippen molar-refractivity contribution in [1.29, 1.82) is 0 Å². The minimum absolute atomic E-state index is 0.480. The van der Waals surface area contributed by atoms with Crippen LogP contribution in [0.2, 0.25) is 0 Å². The summed E-state index contributed by atoms with van der Waals surface area (Å²) in [5.74, 6) is 0.834. The zero-order valence-corrected chi connectivity index (χ0v) is 13.9. The maximum atomic E-state index is 3.49. The Balaban J connectivity index is 2.69. The second-order valence-corrected chi connectivity index (χ2v) is 5.98. The molecule has 2 unspecified atom stereocenters. The number of rotatable bonds is 9. The van der Waals surface area contributed by atoms with Crippen molar-refractivity contribution >= 4 is 5.69 Å². The van der Waals surface area contributed by atoms with Crippen LogP contribution < -0.4 is 10.2 Å². The summed E-state index contributed by atoms with van der Waals surface area (Å²) in [6.07, 6.45) is 6.55. The molecule has 0 aromatic heterocycles. The van der Waals surface area contributed by atoms with Gasteiger partial charge in [0, 0.05) is 25.8 Å². The maximum absolute atomic E-state index is 3.49. The van der Waals surface area contributed by atoms with Gasteiger partial charge in [-0.2, -0.15) is 0 Å². The lowest BCUT2D eigenvalue weighted by Crippen LogP contribution is -2.20. The second kappa shape index (κ2) is 9.02. The van der Waals surface area contributed by atoms with Gasteiger partial charge in [-0.1, -0.05) is 51.7 Å². The number of unbranched alkanes of at least 4 members (excludes halogenated alkanes) is 1. The Bertz CT molecular complexity index is 356. The Kier molecular flexibility index (Phi) is 7.68. The number of hydrogen-bond acceptors (Lipinski definition) is 2. The minimum Gasteiger partial charge on any atom is -0.378 e. The first-order valence-corrected chi connectivity index (χ1v) is 8.06. The van der Waals surface area contributed by atoms with Crippen molar-refractivity contribution in [3.8, 4) is 0 Å². The minimum atomic E-state index is 0.480. The third-order valence-electron chi connectivity index (χ3n) is 4.27. The van der Waals surface area contributed by atoms with E-state index in [1.54, 1.807) is 0 Å². The van der Waals surface area contributed by atoms with Crippen molar-refractivity contribution in [2.75, 3.05) is 26.0 Å². The fourth-order valence-electron chi connectivity index (χ4n) is 2.74. The average Bonchev–Trinajstić information content (AvgIpc) is 2.48. The summed E-state index contributed by atoms with van der Waals surface area (Å²) in [7, 11) is 6.25. The van der Waals surface area contributed by atoms with Gasteiger partial charge < -0.3 is 10.2 Å². The summed E-state index contributed by atoms with van der Waals surface area (Å²) >= 11 is 0. The zero-order valence-electron chi connectivity index (χ0n) is 13.9. The van der Waals surface area contributed by atoms with E-state index >= 15 is 0 Å². The smallest absolute Gasteiger partial charge is 0.0361 e. The fraction of sp³-hybridized carbons (Fsp3) is 0.667. The van der Waals surface area contributed by atoms with E-state index in [0.717, 1.165) is 5.92 Å². The molecule has 0 spiro atoms. The van der Waals surface area contributed by atoms with Crippen molar-refractivity contribution in [1.82, 2.24) is 5.32 Å². The molecule has 20 heavy (non-hydrogen) atoms. The van der Waals surface area contributed by atoms with Crippen molar-refractivity contribution in [3.63, 3.8) is 0 Å². The van der Waals surface area contributed by atoms with E-state index in [1.807, 2.05) is 0 Å². The first kappa shape index (κ1) is 17.0. The van der Waals surface area contributed by atoms with E-state index in [1.165, 1.54) is 43.4 Å². The standard InChI is InChI=1S/C18H32N2/c1-6-8-9-15(7-2)14-18(19-3)16-10-12-17(13-11-16)20(4)5/h10-13,15,18-19H,6-9,14H2,1-5H3. The molecule has 0 bridgehead atoms. The van der Waals surface area contributed by atoms with Crippen LogP contribution in [0.3, 0.4) is 0 Å². The quantitative estimate of drug-likeness (QED) is 0.708. The second-order valence-electron chi connectivity index (χ2n) is 5.98. The summed E-state index contributed by atoms with van der Waals surface area (Å²) in [4.78, 5) is 2.15. The predicted molar refractivity (Wildman–Crippen MR) is 90.5 cm³/mol. The lowest BCUT2D eigenvalue weighted by atomic mass is 9.89. The molecular weight excluding hydrogens is 244 g/mol. The number of nitrogens with one attached hydrogen (secondary N) is 1. The average molecular weight is 276 g/mol. The third kappa shape index (κ3) is 5.16. The van der Waals surface area contributed by atoms with Gasteiger partial charge in [-0.05, 0) is 37.1 Å². The van der Waals surface area contributed by atoms with Crippen LogP contribution in [0.15, 0.2) is 24.3 Å². The highest BCUT2D eigenvalue weighted by atomic mass is 15.1. The van der Waals surface area contributed by atoms with Crippen LogP contribution in [0.1, 0.15) is 57.6 Å². The SMILES string of the molecule is CCCCC(CC)CC(NC)c1ccc(N(C)C)cc1. The largest absolute Gasteiger partial charge is 0.378 e. The molecule has 2 nitrogen and oxygen atoms in total. The van der Waals surface area contributed by atoms with Crippen LogP contribution in [0, 0.1) is 5.92 Å². The van der Waals surface area contributed by atoms with Gasteiger partial charge >= 0.3 is 0 Å². The highest BCUT2D eigenvalue weighted by Crippen LogP contribution is 2.27. The van der Waals surface area contributed by atoms with Gasteiger partial charge in [0.05, 0.1) is 0 Å². The van der Waals surface area contributed by atoms with Crippen molar-refractivity contribution in [3.05, 3.63) is 29.8 Å². The third-order valence-corrected chi connectivity index (χ3v) is 4.27. The fourth-order valence-corrected chi connectivity index (χ4v) is 2.74. The molecule has 2 atom stereocenters. The number of benzene rings is 1. The van der Waals surface area contributed by atoms with Crippen molar-refractivity contribution in [2.24, 2.45) is 5.92 Å². The molecule has 1 aromatic rings. The molecule has 1 N–H and O–H groups in total. The summed E-state index contributed by atoms with van der Waals surface area (Å²) < 4.78 is 0. The summed E-state index contributed by atoms with van der Waals surface area (Å²) in [5, 5.41) is 3.49. The zero-order chi connectivity index (χ0) is 15.0. The Labute approximate surface area is 125 Å². The van der Waals surface area contributed by atoms with E-state index in [4.69, 9.17) is 0 Å². The van der Waals surface area contributed by atoms with E-state index in [0.29, 0.717) is 6.04 Å². The van der Waals surface area contributed by atoms with Crippen LogP contribution in [-0.2, 0) is 0 Å². The van der Waals surface area contributed by atoms with Crippen LogP contribution in [0.25, 0.3) is 0 Å². The predicted octanol–water partition coefficient (Wildman–Crippen LogP) is 4.62. The van der Waals surface area contributed by atoms with Crippen LogP contribution in [0.5, 0.6) is 0 Å². The highest BCUT2D eigenvalue weighted by molar-refractivity contribution is 5.46. The van der Waals surface area contributed by atoms with Gasteiger partial charge in [0.15, 0.2) is 0 Å². The molecule has 0 aliphatic carbocycles. The molecule has 1 rings (SSSR count). The van der Waals surface area contributed by atoms with Gasteiger partial charge in [0.2, 0.25) is 0 Å². The summed E-state index contributed by atoms with van der Waals surface area (Å²) in [5.41, 5.74) is 2.68. The van der Waals surface area contributed by atoms with Crippen LogP contribution >= 0.6 is 0 Å². The first-order valence-electron chi connectivity index (χ1n) is 8.06. The monoisotopic (exact) mass is 276 g/mol. The molecular formula is C18H32N2. The van der Waals surface area contributed by atoms with Gasteiger partial charge in [-0.25, -0.2) is 0 Å². The first-order chi connectivity index (χ1) is 9.62. The Morgan fingerprint density at radius 1 is 1.10 bits per heavy atom. The Hall–Kier alpha value is -1.02. The number of nitrogens with zero attached hydrogens (tertiary/aromatic N) is 1. The van der Waals surface area contributed by atoms with Gasteiger partial charge in [-0.3, -0.25) is 0 Å². The summed E-state index contributed by atoms with van der Waals surface area (Å²) in [6.45, 7) is 4.60. The van der Waals surface area contributed by atoms with Crippen LogP contribution in [-0.4, -0.2) is 21.1 Å². The lowest BCUT2D eigenvalue weighted by Gasteiger charge is -2.23. The molecule has 0 amide bonds. The Morgan fingerprint density at radius 3 is 2.20 bits per heavy atom. The molecule has 114 valence electrons. The topological polar surface area (TPSA) is 15.3 Å². The molecule has 0 fully saturated rings. The highest BCUT2D eigenvalue weighted by Gasteiger charge is 2.15. The molecule has 0 heterocycles.